The van der Waals surface area contributed by atoms with Crippen LogP contribution < -0.4 is 4.74 Å². The number of nitrogens with zero attached hydrogens (tertiary/aromatic N) is 1. The van der Waals surface area contributed by atoms with Crippen LogP contribution >= 0.6 is 0 Å². The first-order valence-electron chi connectivity index (χ1n) is 4.67. The minimum absolute atomic E-state index is 0.114. The highest BCUT2D eigenvalue weighted by atomic mass is 19.2. The Morgan fingerprint density at radius 1 is 1.06 bits per heavy atom. The standard InChI is InChI=1S/C12H9F2NO/c1-16-10-6-5-8(11(13)12(10)14)9-4-2-3-7-15-9/h2-7H,1H3. The molecule has 1 heterocycles. The molecular formula is C12H9F2NO. The van der Waals surface area contributed by atoms with Crippen LogP contribution in [-0.2, 0) is 0 Å². The summed E-state index contributed by atoms with van der Waals surface area (Å²) in [5, 5.41) is 0. The fourth-order valence-corrected chi connectivity index (χ4v) is 1.41. The van der Waals surface area contributed by atoms with Crippen molar-refractivity contribution in [3.63, 3.8) is 0 Å². The largest absolute Gasteiger partial charge is 0.494 e. The van der Waals surface area contributed by atoms with Gasteiger partial charge in [0, 0.05) is 11.8 Å². The number of pyridine rings is 1. The lowest BCUT2D eigenvalue weighted by molar-refractivity contribution is 0.372. The molecule has 4 heteroatoms. The van der Waals surface area contributed by atoms with Crippen molar-refractivity contribution in [1.29, 1.82) is 0 Å². The zero-order valence-corrected chi connectivity index (χ0v) is 8.58. The molecule has 0 N–H and O–H groups in total. The van der Waals surface area contributed by atoms with Crippen LogP contribution in [0.2, 0.25) is 0 Å². The van der Waals surface area contributed by atoms with Gasteiger partial charge in [-0.1, -0.05) is 6.07 Å². The minimum Gasteiger partial charge on any atom is -0.494 e. The highest BCUT2D eigenvalue weighted by Crippen LogP contribution is 2.28. The molecule has 0 spiro atoms. The molecule has 1 aromatic carbocycles. The first-order chi connectivity index (χ1) is 7.74. The minimum atomic E-state index is -0.995. The third-order valence-corrected chi connectivity index (χ3v) is 2.21. The average molecular weight is 221 g/mol. The Labute approximate surface area is 91.5 Å². The topological polar surface area (TPSA) is 22.1 Å². The van der Waals surface area contributed by atoms with Crippen molar-refractivity contribution < 1.29 is 13.5 Å². The predicted molar refractivity (Wildman–Crippen MR) is 56.1 cm³/mol. The predicted octanol–water partition coefficient (Wildman–Crippen LogP) is 3.04. The smallest absolute Gasteiger partial charge is 0.201 e. The van der Waals surface area contributed by atoms with Gasteiger partial charge in [0.15, 0.2) is 11.6 Å². The molecule has 2 rings (SSSR count). The number of methoxy groups -OCH3 is 1. The maximum Gasteiger partial charge on any atom is 0.201 e. The summed E-state index contributed by atoms with van der Waals surface area (Å²) >= 11 is 0. The number of aromatic nitrogens is 1. The van der Waals surface area contributed by atoms with Gasteiger partial charge < -0.3 is 4.74 Å². The van der Waals surface area contributed by atoms with E-state index in [2.05, 4.69) is 9.72 Å². The van der Waals surface area contributed by atoms with E-state index in [0.717, 1.165) is 0 Å². The van der Waals surface area contributed by atoms with E-state index in [1.165, 1.54) is 25.4 Å². The van der Waals surface area contributed by atoms with Crippen molar-refractivity contribution in [1.82, 2.24) is 4.98 Å². The second kappa shape index (κ2) is 4.26. The van der Waals surface area contributed by atoms with Crippen molar-refractivity contribution in [2.75, 3.05) is 7.11 Å². The van der Waals surface area contributed by atoms with E-state index in [9.17, 15) is 8.78 Å². The second-order valence-electron chi connectivity index (χ2n) is 3.16. The third kappa shape index (κ3) is 1.74. The number of halogens is 2. The van der Waals surface area contributed by atoms with Gasteiger partial charge in [-0.2, -0.15) is 4.39 Å². The van der Waals surface area contributed by atoms with Crippen LogP contribution in [0.5, 0.6) is 5.75 Å². The highest BCUT2D eigenvalue weighted by Gasteiger charge is 2.15. The molecule has 16 heavy (non-hydrogen) atoms. The molecule has 0 fully saturated rings. The number of ether oxygens (including phenoxy) is 1. The molecular weight excluding hydrogens is 212 g/mol. The van der Waals surface area contributed by atoms with Gasteiger partial charge in [-0.15, -0.1) is 0 Å². The van der Waals surface area contributed by atoms with Gasteiger partial charge >= 0.3 is 0 Å². The van der Waals surface area contributed by atoms with Crippen molar-refractivity contribution in [3.8, 4) is 17.0 Å². The van der Waals surface area contributed by atoms with E-state index in [-0.39, 0.29) is 11.3 Å². The quantitative estimate of drug-likeness (QED) is 0.777. The Balaban J connectivity index is 2.56. The summed E-state index contributed by atoms with van der Waals surface area (Å²) in [7, 11) is 1.29. The summed E-state index contributed by atoms with van der Waals surface area (Å²) in [6.45, 7) is 0. The van der Waals surface area contributed by atoms with Gasteiger partial charge in [0.1, 0.15) is 0 Å². The van der Waals surface area contributed by atoms with E-state index in [1.54, 1.807) is 18.2 Å². The fourth-order valence-electron chi connectivity index (χ4n) is 1.41. The molecule has 82 valence electrons. The molecule has 0 aliphatic carbocycles. The summed E-state index contributed by atoms with van der Waals surface area (Å²) in [4.78, 5) is 3.96. The van der Waals surface area contributed by atoms with E-state index in [4.69, 9.17) is 0 Å². The summed E-state index contributed by atoms with van der Waals surface area (Å²) < 4.78 is 31.7. The number of hydrogen-bond donors (Lipinski definition) is 0. The number of hydrogen-bond acceptors (Lipinski definition) is 2. The summed E-state index contributed by atoms with van der Waals surface area (Å²) in [6.07, 6.45) is 1.52. The van der Waals surface area contributed by atoms with Crippen molar-refractivity contribution in [2.45, 2.75) is 0 Å². The van der Waals surface area contributed by atoms with Crippen molar-refractivity contribution in [3.05, 3.63) is 48.2 Å². The van der Waals surface area contributed by atoms with E-state index in [1.807, 2.05) is 0 Å². The lowest BCUT2D eigenvalue weighted by Crippen LogP contribution is -1.95. The lowest BCUT2D eigenvalue weighted by atomic mass is 10.1. The van der Waals surface area contributed by atoms with Crippen molar-refractivity contribution >= 4 is 0 Å². The normalized spacial score (nSPS) is 10.2. The first kappa shape index (κ1) is 10.5. The SMILES string of the molecule is COc1ccc(-c2ccccn2)c(F)c1F. The van der Waals surface area contributed by atoms with Crippen LogP contribution in [-0.4, -0.2) is 12.1 Å². The van der Waals surface area contributed by atoms with Gasteiger partial charge in [-0.25, -0.2) is 4.39 Å². The molecule has 0 radical (unpaired) electrons. The Morgan fingerprint density at radius 2 is 1.88 bits per heavy atom. The Kier molecular flexibility index (Phi) is 2.81. The van der Waals surface area contributed by atoms with Gasteiger partial charge in [0.05, 0.1) is 12.8 Å². The molecule has 0 amide bonds. The molecule has 0 saturated heterocycles. The van der Waals surface area contributed by atoms with Gasteiger partial charge in [-0.3, -0.25) is 4.98 Å². The van der Waals surface area contributed by atoms with Gasteiger partial charge in [0.25, 0.3) is 0 Å². The first-order valence-corrected chi connectivity index (χ1v) is 4.67. The second-order valence-corrected chi connectivity index (χ2v) is 3.16. The van der Waals surface area contributed by atoms with Crippen LogP contribution in [0.1, 0.15) is 0 Å². The molecule has 0 atom stereocenters. The van der Waals surface area contributed by atoms with Gasteiger partial charge in [-0.05, 0) is 24.3 Å². The summed E-state index contributed by atoms with van der Waals surface area (Å²) in [6, 6.07) is 7.86. The molecule has 0 aliphatic rings. The van der Waals surface area contributed by atoms with E-state index < -0.39 is 11.6 Å². The van der Waals surface area contributed by atoms with Crippen LogP contribution in [0.25, 0.3) is 11.3 Å². The number of rotatable bonds is 2. The van der Waals surface area contributed by atoms with Gasteiger partial charge in [0.2, 0.25) is 5.82 Å². The third-order valence-electron chi connectivity index (χ3n) is 2.21. The summed E-state index contributed by atoms with van der Waals surface area (Å²) in [5.41, 5.74) is 0.514. The Bertz CT molecular complexity index is 500. The number of benzene rings is 1. The zero-order valence-electron chi connectivity index (χ0n) is 8.58. The van der Waals surface area contributed by atoms with Crippen LogP contribution in [0.3, 0.4) is 0 Å². The van der Waals surface area contributed by atoms with Crippen molar-refractivity contribution in [2.24, 2.45) is 0 Å². The Hall–Kier alpha value is -1.97. The molecule has 0 saturated carbocycles. The molecule has 0 aliphatic heterocycles. The van der Waals surface area contributed by atoms with Crippen LogP contribution in [0.4, 0.5) is 8.78 Å². The fraction of sp³-hybridized carbons (Fsp3) is 0.0833. The zero-order chi connectivity index (χ0) is 11.5. The monoisotopic (exact) mass is 221 g/mol. The van der Waals surface area contributed by atoms with E-state index in [0.29, 0.717) is 5.69 Å². The lowest BCUT2D eigenvalue weighted by Gasteiger charge is -2.06. The molecule has 0 unspecified atom stereocenters. The Morgan fingerprint density at radius 3 is 2.50 bits per heavy atom. The summed E-state index contributed by atoms with van der Waals surface area (Å²) in [5.74, 6) is -2.05. The molecule has 2 nitrogen and oxygen atoms in total. The maximum absolute atomic E-state index is 13.6. The van der Waals surface area contributed by atoms with Crippen LogP contribution in [0, 0.1) is 11.6 Å². The molecule has 0 bridgehead atoms. The average Bonchev–Trinajstić information content (AvgIpc) is 2.34. The molecule has 2 aromatic rings. The highest BCUT2D eigenvalue weighted by molar-refractivity contribution is 5.61. The molecule has 1 aromatic heterocycles. The maximum atomic E-state index is 13.6. The van der Waals surface area contributed by atoms with Crippen LogP contribution in [0.15, 0.2) is 36.5 Å². The van der Waals surface area contributed by atoms with E-state index >= 15 is 0 Å².